The third-order valence-corrected chi connectivity index (χ3v) is 12.0. The van der Waals surface area contributed by atoms with Crippen molar-refractivity contribution in [1.82, 2.24) is 0 Å². The van der Waals surface area contributed by atoms with Crippen LogP contribution >= 0.6 is 0 Å². The summed E-state index contributed by atoms with van der Waals surface area (Å²) in [6.07, 6.45) is 77.9. The number of unbranched alkanes of at least 4 members (excludes halogenated alkanes) is 22. The smallest absolute Gasteiger partial charge is 0.306 e. The molecule has 0 unspecified atom stereocenters. The van der Waals surface area contributed by atoms with E-state index in [1.165, 1.54) is 96.3 Å². The first kappa shape index (κ1) is 66.1. The summed E-state index contributed by atoms with van der Waals surface area (Å²) >= 11 is 0. The molecule has 398 valence electrons. The second-order valence-electron chi connectivity index (χ2n) is 18.8. The average Bonchev–Trinajstić information content (AvgIpc) is 3.36. The highest BCUT2D eigenvalue weighted by molar-refractivity contribution is 5.71. The largest absolute Gasteiger partial charge is 0.462 e. The fraction of sp³-hybridized carbons (Fsp3) is 0.672. The van der Waals surface area contributed by atoms with Crippen molar-refractivity contribution in [2.24, 2.45) is 0 Å². The Kier molecular flexibility index (Phi) is 54.4. The fourth-order valence-electron chi connectivity index (χ4n) is 7.69. The minimum absolute atomic E-state index is 0.101. The Morgan fingerprint density at radius 3 is 0.900 bits per heavy atom. The third kappa shape index (κ3) is 55.0. The summed E-state index contributed by atoms with van der Waals surface area (Å²) in [4.78, 5) is 38.2. The van der Waals surface area contributed by atoms with Crippen molar-refractivity contribution in [3.05, 3.63) is 109 Å². The minimum Gasteiger partial charge on any atom is -0.462 e. The lowest BCUT2D eigenvalue weighted by atomic mass is 10.0. The van der Waals surface area contributed by atoms with Crippen LogP contribution in [-0.2, 0) is 28.6 Å². The quantitative estimate of drug-likeness (QED) is 0.0262. The van der Waals surface area contributed by atoms with Crippen LogP contribution in [0.3, 0.4) is 0 Å². The average molecular weight is 972 g/mol. The van der Waals surface area contributed by atoms with Gasteiger partial charge in [0.05, 0.1) is 0 Å². The van der Waals surface area contributed by atoms with Crippen LogP contribution in [0.5, 0.6) is 0 Å². The number of rotatable bonds is 51. The summed E-state index contributed by atoms with van der Waals surface area (Å²) in [6.45, 7) is 6.45. The third-order valence-electron chi connectivity index (χ3n) is 12.0. The summed E-state index contributed by atoms with van der Waals surface area (Å²) in [6, 6.07) is 0. The Balaban J connectivity index is 4.51. The zero-order chi connectivity index (χ0) is 50.7. The van der Waals surface area contributed by atoms with E-state index in [0.717, 1.165) is 122 Å². The number of esters is 3. The van der Waals surface area contributed by atoms with Gasteiger partial charge in [0.2, 0.25) is 0 Å². The molecule has 0 N–H and O–H groups in total. The molecular formula is C64H106O6. The van der Waals surface area contributed by atoms with Gasteiger partial charge in [0.25, 0.3) is 0 Å². The van der Waals surface area contributed by atoms with E-state index in [2.05, 4.69) is 130 Å². The summed E-state index contributed by atoms with van der Waals surface area (Å²) in [5.74, 6) is -0.964. The van der Waals surface area contributed by atoms with Crippen LogP contribution in [0, 0.1) is 0 Å². The Morgan fingerprint density at radius 1 is 0.300 bits per heavy atom. The molecule has 0 saturated heterocycles. The standard InChI is InChI=1S/C64H106O6/c1-4-7-10-13-16-19-22-25-28-30-32-34-36-39-42-45-48-51-54-57-63(66)69-60-61(59-68-62(65)56-53-50-47-44-41-38-27-24-21-18-15-12-9-6-3)70-64(67)58-55-52-49-46-43-40-37-35-33-31-29-26-23-20-17-14-11-8-5-2/h7,10,16-17,19-20,25-26,28-29,32-35,39-40,42-43,61H,4-6,8-9,11-15,18,21-24,27,30-31,36-38,41,44-60H2,1-3H3/b10-7+,19-16+,20-17+,28-25+,29-26+,34-32+,35-33+,42-39+,43-40+/t61-/m1/s1. The van der Waals surface area contributed by atoms with Crippen molar-refractivity contribution in [1.29, 1.82) is 0 Å². The SMILES string of the molecule is CC/C=C/C/C=C/C/C=C/C/C=C/C/C=C/CCCCCC(=O)OC[C@@H](COC(=O)CCCCCCCCCCCCCCCC)OC(=O)CCCCC/C=C/C/C=C/C/C=C/C/C=C/CCCCC. The van der Waals surface area contributed by atoms with Gasteiger partial charge in [-0.1, -0.05) is 239 Å². The summed E-state index contributed by atoms with van der Waals surface area (Å²) in [5.41, 5.74) is 0. The van der Waals surface area contributed by atoms with Crippen LogP contribution in [0.25, 0.3) is 0 Å². The summed E-state index contributed by atoms with van der Waals surface area (Å²) in [5, 5.41) is 0. The molecule has 70 heavy (non-hydrogen) atoms. The Bertz CT molecular complexity index is 1440. The van der Waals surface area contributed by atoms with E-state index in [9.17, 15) is 14.4 Å². The monoisotopic (exact) mass is 971 g/mol. The maximum Gasteiger partial charge on any atom is 0.306 e. The molecule has 0 bridgehead atoms. The van der Waals surface area contributed by atoms with Crippen LogP contribution in [0.2, 0.25) is 0 Å². The van der Waals surface area contributed by atoms with Gasteiger partial charge in [-0.05, 0) is 109 Å². The van der Waals surface area contributed by atoms with Crippen LogP contribution in [-0.4, -0.2) is 37.2 Å². The molecule has 0 aliphatic carbocycles. The first-order valence-corrected chi connectivity index (χ1v) is 28.9. The Hall–Kier alpha value is -3.93. The Labute approximate surface area is 431 Å². The molecular weight excluding hydrogens is 865 g/mol. The summed E-state index contributed by atoms with van der Waals surface area (Å²) in [7, 11) is 0. The molecule has 0 fully saturated rings. The molecule has 1 atom stereocenters. The van der Waals surface area contributed by atoms with E-state index in [1.54, 1.807) is 0 Å². The molecule has 0 saturated carbocycles. The number of allylic oxidation sites excluding steroid dienone is 18. The molecule has 6 nitrogen and oxygen atoms in total. The second-order valence-corrected chi connectivity index (χ2v) is 18.8. The first-order valence-electron chi connectivity index (χ1n) is 28.9. The molecule has 6 heteroatoms. The van der Waals surface area contributed by atoms with E-state index in [4.69, 9.17) is 14.2 Å². The van der Waals surface area contributed by atoms with Crippen molar-refractivity contribution in [3.8, 4) is 0 Å². The Morgan fingerprint density at radius 2 is 0.557 bits per heavy atom. The molecule has 0 heterocycles. The van der Waals surface area contributed by atoms with Gasteiger partial charge in [0.15, 0.2) is 6.10 Å². The first-order chi connectivity index (χ1) is 34.5. The summed E-state index contributed by atoms with van der Waals surface area (Å²) < 4.78 is 16.8. The highest BCUT2D eigenvalue weighted by Gasteiger charge is 2.19. The lowest BCUT2D eigenvalue weighted by Gasteiger charge is -2.18. The molecule has 0 rings (SSSR count). The van der Waals surface area contributed by atoms with Crippen molar-refractivity contribution in [2.75, 3.05) is 13.2 Å². The van der Waals surface area contributed by atoms with Gasteiger partial charge in [-0.2, -0.15) is 0 Å². The number of hydrogen-bond donors (Lipinski definition) is 0. The van der Waals surface area contributed by atoms with Crippen molar-refractivity contribution in [2.45, 2.75) is 264 Å². The normalized spacial score (nSPS) is 12.9. The van der Waals surface area contributed by atoms with E-state index in [0.29, 0.717) is 12.8 Å². The number of carbonyl (C=O) groups excluding carboxylic acids is 3. The molecule has 0 amide bonds. The maximum absolute atomic E-state index is 12.9. The zero-order valence-electron chi connectivity index (χ0n) is 45.5. The molecule has 0 radical (unpaired) electrons. The molecule has 0 aliphatic heterocycles. The van der Waals surface area contributed by atoms with Gasteiger partial charge < -0.3 is 14.2 Å². The van der Waals surface area contributed by atoms with E-state index in [1.807, 2.05) is 0 Å². The van der Waals surface area contributed by atoms with Crippen LogP contribution in [0.4, 0.5) is 0 Å². The number of hydrogen-bond acceptors (Lipinski definition) is 6. The maximum atomic E-state index is 12.9. The lowest BCUT2D eigenvalue weighted by Crippen LogP contribution is -2.30. The molecule has 0 aromatic heterocycles. The lowest BCUT2D eigenvalue weighted by molar-refractivity contribution is -0.167. The number of carbonyl (C=O) groups is 3. The number of ether oxygens (including phenoxy) is 3. The highest BCUT2D eigenvalue weighted by atomic mass is 16.6. The van der Waals surface area contributed by atoms with E-state index < -0.39 is 6.10 Å². The van der Waals surface area contributed by atoms with Gasteiger partial charge in [-0.3, -0.25) is 14.4 Å². The zero-order valence-corrected chi connectivity index (χ0v) is 45.5. The van der Waals surface area contributed by atoms with Gasteiger partial charge in [0.1, 0.15) is 13.2 Å². The minimum atomic E-state index is -0.810. The second kappa shape index (κ2) is 57.6. The fourth-order valence-corrected chi connectivity index (χ4v) is 7.69. The van der Waals surface area contributed by atoms with Crippen LogP contribution in [0.15, 0.2) is 109 Å². The molecule has 0 aromatic rings. The van der Waals surface area contributed by atoms with Crippen LogP contribution < -0.4 is 0 Å². The molecule has 0 aliphatic rings. The molecule has 0 aromatic carbocycles. The van der Waals surface area contributed by atoms with Gasteiger partial charge in [-0.15, -0.1) is 0 Å². The van der Waals surface area contributed by atoms with Gasteiger partial charge >= 0.3 is 17.9 Å². The van der Waals surface area contributed by atoms with E-state index in [-0.39, 0.29) is 37.5 Å². The molecule has 0 spiro atoms. The van der Waals surface area contributed by atoms with Crippen molar-refractivity contribution in [3.63, 3.8) is 0 Å². The predicted octanol–water partition coefficient (Wildman–Crippen LogP) is 19.5. The van der Waals surface area contributed by atoms with Crippen molar-refractivity contribution >= 4 is 17.9 Å². The topological polar surface area (TPSA) is 78.9 Å². The highest BCUT2D eigenvalue weighted by Crippen LogP contribution is 2.15. The van der Waals surface area contributed by atoms with E-state index >= 15 is 0 Å². The van der Waals surface area contributed by atoms with Crippen LogP contribution in [0.1, 0.15) is 258 Å². The van der Waals surface area contributed by atoms with Gasteiger partial charge in [-0.25, -0.2) is 0 Å². The van der Waals surface area contributed by atoms with Crippen molar-refractivity contribution < 1.29 is 28.6 Å². The predicted molar refractivity (Wildman–Crippen MR) is 302 cm³/mol. The van der Waals surface area contributed by atoms with Gasteiger partial charge in [0, 0.05) is 19.3 Å².